The molecular weight excluding hydrogens is 334 g/mol. The highest BCUT2D eigenvalue weighted by Gasteiger charge is 2.28. The van der Waals surface area contributed by atoms with Gasteiger partial charge in [0.25, 0.3) is 5.91 Å². The molecule has 0 bridgehead atoms. The number of pyridine rings is 1. The summed E-state index contributed by atoms with van der Waals surface area (Å²) in [5, 5.41) is 3.23. The zero-order valence-electron chi connectivity index (χ0n) is 12.6. The topological polar surface area (TPSA) is 54.5 Å². The van der Waals surface area contributed by atoms with E-state index in [0.29, 0.717) is 31.1 Å². The molecule has 0 saturated carbocycles. The van der Waals surface area contributed by atoms with E-state index in [4.69, 9.17) is 4.74 Å². The monoisotopic (exact) mass is 355 g/mol. The summed E-state index contributed by atoms with van der Waals surface area (Å²) < 4.78 is 6.29. The standard InChI is InChI=1S/C15H22BrN3O2/c1-3-5-17-14-13(8-11(16)9-18-14)15(20)19-6-7-21-10-12(19)4-2/h8-9,12H,3-7,10H2,1-2H3,(H,17,18). The molecule has 1 saturated heterocycles. The Balaban J connectivity index is 2.26. The van der Waals surface area contributed by atoms with Crippen LogP contribution in [0.15, 0.2) is 16.7 Å². The SMILES string of the molecule is CCCNc1ncc(Br)cc1C(=O)N1CCOCC1CC. The number of hydrogen-bond donors (Lipinski definition) is 1. The predicted octanol–water partition coefficient (Wildman–Crippen LogP) is 2.92. The molecule has 0 aliphatic carbocycles. The minimum Gasteiger partial charge on any atom is -0.377 e. The summed E-state index contributed by atoms with van der Waals surface area (Å²) in [6.45, 7) is 6.81. The number of nitrogens with one attached hydrogen (secondary N) is 1. The molecule has 2 rings (SSSR count). The van der Waals surface area contributed by atoms with Gasteiger partial charge in [-0.1, -0.05) is 13.8 Å². The molecule has 1 unspecified atom stereocenters. The summed E-state index contributed by atoms with van der Waals surface area (Å²) in [7, 11) is 0. The Morgan fingerprint density at radius 1 is 1.57 bits per heavy atom. The number of amides is 1. The van der Waals surface area contributed by atoms with Gasteiger partial charge < -0.3 is 15.0 Å². The van der Waals surface area contributed by atoms with Gasteiger partial charge in [0.2, 0.25) is 0 Å². The van der Waals surface area contributed by atoms with Gasteiger partial charge in [0.05, 0.1) is 24.8 Å². The van der Waals surface area contributed by atoms with E-state index in [1.807, 2.05) is 11.0 Å². The summed E-state index contributed by atoms with van der Waals surface area (Å²) in [6.07, 6.45) is 3.59. The van der Waals surface area contributed by atoms with E-state index in [9.17, 15) is 4.79 Å². The van der Waals surface area contributed by atoms with E-state index in [2.05, 4.69) is 40.1 Å². The molecular formula is C15H22BrN3O2. The summed E-state index contributed by atoms with van der Waals surface area (Å²) in [5.41, 5.74) is 0.623. The molecule has 1 amide bonds. The lowest BCUT2D eigenvalue weighted by Crippen LogP contribution is -2.48. The van der Waals surface area contributed by atoms with Crippen LogP contribution in [-0.2, 0) is 4.74 Å². The smallest absolute Gasteiger partial charge is 0.258 e. The van der Waals surface area contributed by atoms with Gasteiger partial charge in [0, 0.05) is 23.8 Å². The van der Waals surface area contributed by atoms with Crippen LogP contribution in [0.5, 0.6) is 0 Å². The van der Waals surface area contributed by atoms with Gasteiger partial charge in [-0.3, -0.25) is 4.79 Å². The second-order valence-corrected chi connectivity index (χ2v) is 6.03. The summed E-state index contributed by atoms with van der Waals surface area (Å²) in [5.74, 6) is 0.684. The van der Waals surface area contributed by atoms with Crippen molar-refractivity contribution in [2.75, 3.05) is 31.6 Å². The van der Waals surface area contributed by atoms with E-state index in [1.54, 1.807) is 6.20 Å². The number of morpholine rings is 1. The molecule has 21 heavy (non-hydrogen) atoms. The number of anilines is 1. The minimum absolute atomic E-state index is 0.0255. The Bertz CT molecular complexity index is 496. The molecule has 1 fully saturated rings. The Morgan fingerprint density at radius 3 is 3.10 bits per heavy atom. The number of halogens is 1. The fraction of sp³-hybridized carbons (Fsp3) is 0.600. The predicted molar refractivity (Wildman–Crippen MR) is 86.7 cm³/mol. The largest absolute Gasteiger partial charge is 0.377 e. The molecule has 1 atom stereocenters. The quantitative estimate of drug-likeness (QED) is 0.882. The van der Waals surface area contributed by atoms with Gasteiger partial charge in [0.15, 0.2) is 0 Å². The average molecular weight is 356 g/mol. The number of ether oxygens (including phenoxy) is 1. The molecule has 1 aliphatic heterocycles. The van der Waals surface area contributed by atoms with Crippen LogP contribution in [0, 0.1) is 0 Å². The molecule has 0 radical (unpaired) electrons. The van der Waals surface area contributed by atoms with Crippen LogP contribution in [-0.4, -0.2) is 48.1 Å². The molecule has 1 aromatic heterocycles. The van der Waals surface area contributed by atoms with Crippen molar-refractivity contribution in [2.24, 2.45) is 0 Å². The van der Waals surface area contributed by atoms with Crippen molar-refractivity contribution >= 4 is 27.7 Å². The van der Waals surface area contributed by atoms with Crippen molar-refractivity contribution in [3.8, 4) is 0 Å². The molecule has 0 aromatic carbocycles. The molecule has 0 spiro atoms. The first-order valence-electron chi connectivity index (χ1n) is 7.45. The third-order valence-corrected chi connectivity index (χ3v) is 4.02. The minimum atomic E-state index is 0.0255. The second-order valence-electron chi connectivity index (χ2n) is 5.11. The average Bonchev–Trinajstić information content (AvgIpc) is 2.53. The highest BCUT2D eigenvalue weighted by atomic mass is 79.9. The van der Waals surface area contributed by atoms with E-state index in [-0.39, 0.29) is 11.9 Å². The first-order chi connectivity index (χ1) is 10.2. The second kappa shape index (κ2) is 7.75. The molecule has 1 aromatic rings. The third kappa shape index (κ3) is 3.95. The summed E-state index contributed by atoms with van der Waals surface area (Å²) >= 11 is 3.40. The molecule has 1 N–H and O–H groups in total. The number of aromatic nitrogens is 1. The highest BCUT2D eigenvalue weighted by Crippen LogP contribution is 2.22. The van der Waals surface area contributed by atoms with Gasteiger partial charge in [-0.25, -0.2) is 4.98 Å². The molecule has 1 aliphatic rings. The van der Waals surface area contributed by atoms with Crippen LogP contribution >= 0.6 is 15.9 Å². The third-order valence-electron chi connectivity index (χ3n) is 3.59. The van der Waals surface area contributed by atoms with Crippen LogP contribution in [0.25, 0.3) is 0 Å². The Labute approximate surface area is 134 Å². The fourth-order valence-electron chi connectivity index (χ4n) is 2.40. The highest BCUT2D eigenvalue weighted by molar-refractivity contribution is 9.10. The number of hydrogen-bond acceptors (Lipinski definition) is 4. The lowest BCUT2D eigenvalue weighted by atomic mass is 10.1. The molecule has 6 heteroatoms. The number of carbonyl (C=O) groups is 1. The van der Waals surface area contributed by atoms with E-state index in [0.717, 1.165) is 23.9 Å². The Kier molecular flexibility index (Phi) is 5.99. The summed E-state index contributed by atoms with van der Waals surface area (Å²) in [6, 6.07) is 1.99. The normalized spacial score (nSPS) is 18.6. The van der Waals surface area contributed by atoms with Crippen LogP contribution < -0.4 is 5.32 Å². The van der Waals surface area contributed by atoms with Gasteiger partial charge in [-0.05, 0) is 34.8 Å². The van der Waals surface area contributed by atoms with Crippen LogP contribution in [0.4, 0.5) is 5.82 Å². The van der Waals surface area contributed by atoms with Gasteiger partial charge in [-0.2, -0.15) is 0 Å². The number of nitrogens with zero attached hydrogens (tertiary/aromatic N) is 2. The van der Waals surface area contributed by atoms with Crippen LogP contribution in [0.3, 0.4) is 0 Å². The Hall–Kier alpha value is -1.14. The van der Waals surface area contributed by atoms with E-state index in [1.165, 1.54) is 0 Å². The molecule has 2 heterocycles. The Morgan fingerprint density at radius 2 is 2.38 bits per heavy atom. The molecule has 116 valence electrons. The van der Waals surface area contributed by atoms with Crippen molar-refractivity contribution < 1.29 is 9.53 Å². The lowest BCUT2D eigenvalue weighted by Gasteiger charge is -2.35. The number of carbonyl (C=O) groups excluding carboxylic acids is 1. The number of rotatable bonds is 5. The maximum absolute atomic E-state index is 12.9. The van der Waals surface area contributed by atoms with Gasteiger partial charge >= 0.3 is 0 Å². The van der Waals surface area contributed by atoms with E-state index >= 15 is 0 Å². The first-order valence-corrected chi connectivity index (χ1v) is 8.24. The zero-order chi connectivity index (χ0) is 15.2. The van der Waals surface area contributed by atoms with Crippen molar-refractivity contribution in [3.05, 3.63) is 22.3 Å². The van der Waals surface area contributed by atoms with Gasteiger partial charge in [0.1, 0.15) is 5.82 Å². The van der Waals surface area contributed by atoms with Crippen molar-refractivity contribution in [1.82, 2.24) is 9.88 Å². The fourth-order valence-corrected chi connectivity index (χ4v) is 2.73. The van der Waals surface area contributed by atoms with Gasteiger partial charge in [-0.15, -0.1) is 0 Å². The first kappa shape index (κ1) is 16.2. The maximum atomic E-state index is 12.9. The van der Waals surface area contributed by atoms with Crippen molar-refractivity contribution in [3.63, 3.8) is 0 Å². The lowest BCUT2D eigenvalue weighted by molar-refractivity contribution is -0.00277. The summed E-state index contributed by atoms with van der Waals surface area (Å²) in [4.78, 5) is 19.1. The van der Waals surface area contributed by atoms with Crippen molar-refractivity contribution in [1.29, 1.82) is 0 Å². The van der Waals surface area contributed by atoms with Crippen LogP contribution in [0.2, 0.25) is 0 Å². The van der Waals surface area contributed by atoms with Crippen molar-refractivity contribution in [2.45, 2.75) is 32.7 Å². The molecule has 5 nitrogen and oxygen atoms in total. The zero-order valence-corrected chi connectivity index (χ0v) is 14.1. The maximum Gasteiger partial charge on any atom is 0.258 e. The van der Waals surface area contributed by atoms with Crippen LogP contribution in [0.1, 0.15) is 37.0 Å². The van der Waals surface area contributed by atoms with E-state index < -0.39 is 0 Å².